The zero-order valence-electron chi connectivity index (χ0n) is 11.7. The number of hydrogen-bond acceptors (Lipinski definition) is 5. The molecule has 2 rings (SSSR count). The maximum absolute atomic E-state index is 12.3. The number of anilines is 1. The van der Waals surface area contributed by atoms with E-state index in [0.29, 0.717) is 12.5 Å². The normalized spacial score (nSPS) is 16.5. The molecule has 1 fully saturated rings. The molecule has 0 aliphatic heterocycles. The minimum Gasteiger partial charge on any atom is -0.393 e. The Morgan fingerprint density at radius 2 is 2.14 bits per heavy atom. The molecular formula is C13H19ClN4O3. The number of nitro benzene ring substituents is 1. The average Bonchev–Trinajstić information content (AvgIpc) is 3.22. The van der Waals surface area contributed by atoms with Crippen LogP contribution in [0.5, 0.6) is 0 Å². The van der Waals surface area contributed by atoms with Crippen LogP contribution >= 0.6 is 12.4 Å². The van der Waals surface area contributed by atoms with Crippen LogP contribution in [-0.4, -0.2) is 22.9 Å². The summed E-state index contributed by atoms with van der Waals surface area (Å²) in [5.41, 5.74) is 10.7. The highest BCUT2D eigenvalue weighted by Gasteiger charge is 2.42. The summed E-state index contributed by atoms with van der Waals surface area (Å²) in [6, 6.07) is 4.19. The number of nitrogens with one attached hydrogen (secondary N) is 1. The second kappa shape index (κ2) is 6.28. The third-order valence-corrected chi connectivity index (χ3v) is 3.83. The third-order valence-electron chi connectivity index (χ3n) is 3.83. The van der Waals surface area contributed by atoms with Crippen molar-refractivity contribution in [1.29, 1.82) is 0 Å². The fraction of sp³-hybridized carbons (Fsp3) is 0.462. The predicted molar refractivity (Wildman–Crippen MR) is 82.4 cm³/mol. The first-order chi connectivity index (χ1) is 9.39. The number of nitrogens with two attached hydrogens (primary N) is 2. The van der Waals surface area contributed by atoms with Crippen LogP contribution in [0.15, 0.2) is 18.2 Å². The molecule has 0 spiro atoms. The van der Waals surface area contributed by atoms with Gasteiger partial charge in [0, 0.05) is 12.6 Å². The Hall–Kier alpha value is -1.86. The van der Waals surface area contributed by atoms with Crippen molar-refractivity contribution in [1.82, 2.24) is 5.32 Å². The minimum absolute atomic E-state index is 0. The fourth-order valence-corrected chi connectivity index (χ4v) is 2.28. The Kier molecular flexibility index (Phi) is 5.14. The zero-order valence-corrected chi connectivity index (χ0v) is 12.5. The number of nitrogens with zero attached hydrogens (tertiary/aromatic N) is 1. The second-order valence-corrected chi connectivity index (χ2v) is 5.35. The highest BCUT2D eigenvalue weighted by molar-refractivity contribution is 6.01. The number of carbonyl (C=O) groups excluding carboxylic acids is 1. The molecule has 1 aromatic rings. The van der Waals surface area contributed by atoms with Gasteiger partial charge >= 0.3 is 0 Å². The van der Waals surface area contributed by atoms with Gasteiger partial charge in [0.2, 0.25) is 0 Å². The van der Waals surface area contributed by atoms with Crippen molar-refractivity contribution in [2.75, 3.05) is 12.3 Å². The lowest BCUT2D eigenvalue weighted by atomic mass is 9.95. The first-order valence-electron chi connectivity index (χ1n) is 6.44. The molecule has 1 atom stereocenters. The first kappa shape index (κ1) is 17.2. The lowest BCUT2D eigenvalue weighted by Gasteiger charge is -2.29. The van der Waals surface area contributed by atoms with Gasteiger partial charge in [-0.15, -0.1) is 12.4 Å². The number of para-hydroxylation sites is 1. The van der Waals surface area contributed by atoms with Crippen LogP contribution < -0.4 is 16.8 Å². The van der Waals surface area contributed by atoms with E-state index in [9.17, 15) is 14.9 Å². The summed E-state index contributed by atoms with van der Waals surface area (Å²) in [7, 11) is 0. The number of benzene rings is 1. The smallest absolute Gasteiger partial charge is 0.292 e. The monoisotopic (exact) mass is 314 g/mol. The number of nitrogen functional groups attached to an aromatic ring is 1. The molecule has 5 N–H and O–H groups in total. The summed E-state index contributed by atoms with van der Waals surface area (Å²) in [6.45, 7) is 2.20. The molecule has 0 heterocycles. The lowest BCUT2D eigenvalue weighted by molar-refractivity contribution is -0.383. The second-order valence-electron chi connectivity index (χ2n) is 5.35. The van der Waals surface area contributed by atoms with E-state index in [1.165, 1.54) is 18.2 Å². The van der Waals surface area contributed by atoms with E-state index in [1.807, 2.05) is 6.92 Å². The maximum atomic E-state index is 12.3. The summed E-state index contributed by atoms with van der Waals surface area (Å²) >= 11 is 0. The number of carbonyl (C=O) groups is 1. The van der Waals surface area contributed by atoms with Gasteiger partial charge < -0.3 is 16.8 Å². The number of amides is 1. The van der Waals surface area contributed by atoms with Gasteiger partial charge in [0.25, 0.3) is 11.6 Å². The maximum Gasteiger partial charge on any atom is 0.292 e. The summed E-state index contributed by atoms with van der Waals surface area (Å²) < 4.78 is 0. The van der Waals surface area contributed by atoms with Gasteiger partial charge in [0.1, 0.15) is 5.69 Å². The number of hydrogen-bond donors (Lipinski definition) is 3. The van der Waals surface area contributed by atoms with Gasteiger partial charge in [-0.25, -0.2) is 0 Å². The molecule has 7 nitrogen and oxygen atoms in total. The highest BCUT2D eigenvalue weighted by Crippen LogP contribution is 2.39. The summed E-state index contributed by atoms with van der Waals surface area (Å²) in [5.74, 6) is -0.0672. The van der Waals surface area contributed by atoms with E-state index >= 15 is 0 Å². The molecule has 1 unspecified atom stereocenters. The molecular weight excluding hydrogens is 296 g/mol. The van der Waals surface area contributed by atoms with E-state index in [0.717, 1.165) is 12.8 Å². The van der Waals surface area contributed by atoms with Crippen LogP contribution in [0.3, 0.4) is 0 Å². The molecule has 1 aliphatic carbocycles. The molecule has 0 radical (unpaired) electrons. The van der Waals surface area contributed by atoms with Crippen LogP contribution in [0.25, 0.3) is 0 Å². The van der Waals surface area contributed by atoms with Crippen molar-refractivity contribution in [3.63, 3.8) is 0 Å². The number of halogens is 1. The molecule has 1 aromatic carbocycles. The predicted octanol–water partition coefficient (Wildman–Crippen LogP) is 1.46. The molecule has 0 bridgehead atoms. The van der Waals surface area contributed by atoms with E-state index in [1.54, 1.807) is 0 Å². The van der Waals surface area contributed by atoms with Crippen molar-refractivity contribution in [2.45, 2.75) is 25.3 Å². The molecule has 8 heteroatoms. The Morgan fingerprint density at radius 3 is 2.62 bits per heavy atom. The van der Waals surface area contributed by atoms with Crippen molar-refractivity contribution in [2.24, 2.45) is 11.7 Å². The Bertz CT molecular complexity index is 562. The van der Waals surface area contributed by atoms with Crippen LogP contribution in [0.1, 0.15) is 30.1 Å². The van der Waals surface area contributed by atoms with Crippen molar-refractivity contribution >= 4 is 29.7 Å². The van der Waals surface area contributed by atoms with Crippen molar-refractivity contribution in [3.8, 4) is 0 Å². The molecule has 0 aromatic heterocycles. The van der Waals surface area contributed by atoms with Gasteiger partial charge in [0.05, 0.1) is 16.0 Å². The van der Waals surface area contributed by atoms with E-state index < -0.39 is 16.4 Å². The largest absolute Gasteiger partial charge is 0.393 e. The van der Waals surface area contributed by atoms with Crippen LogP contribution in [0.2, 0.25) is 0 Å². The van der Waals surface area contributed by atoms with Gasteiger partial charge in [0.15, 0.2) is 0 Å². The fourth-order valence-electron chi connectivity index (χ4n) is 2.28. The summed E-state index contributed by atoms with van der Waals surface area (Å²) in [6.07, 6.45) is 2.05. The SMILES string of the molecule is CC(CN)(NC(=O)c1cccc([N+](=O)[O-])c1N)C1CC1.Cl. The molecule has 0 saturated heterocycles. The Labute approximate surface area is 128 Å². The summed E-state index contributed by atoms with van der Waals surface area (Å²) in [4.78, 5) is 22.5. The van der Waals surface area contributed by atoms with E-state index in [-0.39, 0.29) is 29.3 Å². The van der Waals surface area contributed by atoms with Crippen LogP contribution in [0.4, 0.5) is 11.4 Å². The Balaban J connectivity index is 0.00000220. The average molecular weight is 315 g/mol. The topological polar surface area (TPSA) is 124 Å². The minimum atomic E-state index is -0.602. The van der Waals surface area contributed by atoms with Crippen molar-refractivity contribution in [3.05, 3.63) is 33.9 Å². The standard InChI is InChI=1S/C13H18N4O3.ClH/c1-13(7-14,8-5-6-8)16-12(18)9-3-2-4-10(11(9)15)17(19)20;/h2-4,8H,5-7,14-15H2,1H3,(H,16,18);1H. The molecule has 1 aliphatic rings. The van der Waals surface area contributed by atoms with Gasteiger partial charge in [-0.05, 0) is 31.7 Å². The quantitative estimate of drug-likeness (QED) is 0.431. The van der Waals surface area contributed by atoms with E-state index in [2.05, 4.69) is 5.32 Å². The van der Waals surface area contributed by atoms with Crippen LogP contribution in [-0.2, 0) is 0 Å². The highest BCUT2D eigenvalue weighted by atomic mass is 35.5. The van der Waals surface area contributed by atoms with Crippen LogP contribution in [0, 0.1) is 16.0 Å². The number of nitro groups is 1. The Morgan fingerprint density at radius 1 is 1.52 bits per heavy atom. The molecule has 21 heavy (non-hydrogen) atoms. The molecule has 1 saturated carbocycles. The van der Waals surface area contributed by atoms with Crippen molar-refractivity contribution < 1.29 is 9.72 Å². The number of rotatable bonds is 5. The lowest BCUT2D eigenvalue weighted by Crippen LogP contribution is -2.53. The molecule has 116 valence electrons. The molecule has 1 amide bonds. The van der Waals surface area contributed by atoms with Gasteiger partial charge in [-0.3, -0.25) is 14.9 Å². The van der Waals surface area contributed by atoms with Gasteiger partial charge in [-0.1, -0.05) is 6.07 Å². The van der Waals surface area contributed by atoms with E-state index in [4.69, 9.17) is 11.5 Å². The van der Waals surface area contributed by atoms with Gasteiger partial charge in [-0.2, -0.15) is 0 Å². The summed E-state index contributed by atoms with van der Waals surface area (Å²) in [5, 5.41) is 13.7. The first-order valence-corrected chi connectivity index (χ1v) is 6.44. The zero-order chi connectivity index (χ0) is 14.9. The third kappa shape index (κ3) is 3.43.